The predicted molar refractivity (Wildman–Crippen MR) is 96.2 cm³/mol. The monoisotopic (exact) mass is 324 g/mol. The van der Waals surface area contributed by atoms with Crippen molar-refractivity contribution in [3.63, 3.8) is 0 Å². The number of hydrogen-bond acceptors (Lipinski definition) is 2. The summed E-state index contributed by atoms with van der Waals surface area (Å²) in [5.41, 5.74) is 3.28. The fraction of sp³-hybridized carbons (Fsp3) is 0.350. The van der Waals surface area contributed by atoms with Crippen LogP contribution in [0.3, 0.4) is 0 Å². The molecular weight excluding hydrogens is 300 g/mol. The number of amides is 2. The van der Waals surface area contributed by atoms with Crippen LogP contribution in [0.1, 0.15) is 42.4 Å². The molecule has 0 saturated carbocycles. The molecule has 3 rings (SSSR count). The highest BCUT2D eigenvalue weighted by Crippen LogP contribution is 2.41. The fourth-order valence-corrected chi connectivity index (χ4v) is 3.53. The largest absolute Gasteiger partial charge is 0.394 e. The van der Waals surface area contributed by atoms with Crippen molar-refractivity contribution in [3.8, 4) is 0 Å². The molecule has 1 aliphatic carbocycles. The summed E-state index contributed by atoms with van der Waals surface area (Å²) in [6.07, 6.45) is 1.66. The van der Waals surface area contributed by atoms with Gasteiger partial charge in [-0.3, -0.25) is 0 Å². The van der Waals surface area contributed by atoms with Crippen LogP contribution in [0.5, 0.6) is 0 Å². The van der Waals surface area contributed by atoms with E-state index in [0.717, 1.165) is 29.7 Å². The molecule has 2 amide bonds. The van der Waals surface area contributed by atoms with Crippen LogP contribution in [0.15, 0.2) is 48.5 Å². The summed E-state index contributed by atoms with van der Waals surface area (Å²) in [4.78, 5) is 12.6. The van der Waals surface area contributed by atoms with E-state index in [0.29, 0.717) is 5.92 Å². The van der Waals surface area contributed by atoms with Crippen LogP contribution in [0.2, 0.25) is 0 Å². The van der Waals surface area contributed by atoms with Crippen molar-refractivity contribution in [1.29, 1.82) is 0 Å². The molecule has 0 saturated heterocycles. The number of aryl methyl sites for hydroxylation is 1. The van der Waals surface area contributed by atoms with Gasteiger partial charge in [-0.05, 0) is 48.4 Å². The summed E-state index contributed by atoms with van der Waals surface area (Å²) in [5, 5.41) is 16.0. The van der Waals surface area contributed by atoms with Gasteiger partial charge in [0.05, 0.1) is 12.1 Å². The van der Waals surface area contributed by atoms with Gasteiger partial charge in [0.15, 0.2) is 0 Å². The van der Waals surface area contributed by atoms with E-state index in [1.54, 1.807) is 0 Å². The number of rotatable bonds is 3. The van der Waals surface area contributed by atoms with Gasteiger partial charge in [0.1, 0.15) is 0 Å². The second kappa shape index (κ2) is 6.65. The molecule has 0 heterocycles. The SMILES string of the molecule is Cc1ccccc1NC(=O)NC1(CO)CCC(C)c2ccccc21. The van der Waals surface area contributed by atoms with Gasteiger partial charge in [-0.25, -0.2) is 4.79 Å². The van der Waals surface area contributed by atoms with Crippen molar-refractivity contribution in [1.82, 2.24) is 5.32 Å². The average molecular weight is 324 g/mol. The third kappa shape index (κ3) is 3.02. The molecule has 0 aromatic heterocycles. The molecule has 0 bridgehead atoms. The van der Waals surface area contributed by atoms with E-state index in [1.807, 2.05) is 49.4 Å². The number of urea groups is 1. The first kappa shape index (κ1) is 16.5. The number of benzene rings is 2. The van der Waals surface area contributed by atoms with Crippen molar-refractivity contribution in [2.75, 3.05) is 11.9 Å². The molecule has 1 aliphatic rings. The lowest BCUT2D eigenvalue weighted by atomic mass is 9.72. The van der Waals surface area contributed by atoms with Crippen molar-refractivity contribution in [2.24, 2.45) is 0 Å². The van der Waals surface area contributed by atoms with Gasteiger partial charge in [-0.1, -0.05) is 49.4 Å². The highest BCUT2D eigenvalue weighted by atomic mass is 16.3. The lowest BCUT2D eigenvalue weighted by Crippen LogP contribution is -2.52. The number of fused-ring (bicyclic) bond motifs is 1. The number of anilines is 1. The van der Waals surface area contributed by atoms with E-state index in [-0.39, 0.29) is 12.6 Å². The van der Waals surface area contributed by atoms with E-state index in [9.17, 15) is 9.90 Å². The van der Waals surface area contributed by atoms with E-state index < -0.39 is 5.54 Å². The standard InChI is InChI=1S/C20H24N2O2/c1-14-11-12-20(13-23,17-9-5-4-8-16(14)17)22-19(24)21-18-10-6-3-7-15(18)2/h3-10,14,23H,11-13H2,1-2H3,(H2,21,22,24). The summed E-state index contributed by atoms with van der Waals surface area (Å²) >= 11 is 0. The van der Waals surface area contributed by atoms with Gasteiger partial charge in [0, 0.05) is 5.69 Å². The molecule has 0 aliphatic heterocycles. The lowest BCUT2D eigenvalue weighted by Gasteiger charge is -2.40. The van der Waals surface area contributed by atoms with Crippen LogP contribution >= 0.6 is 0 Å². The zero-order valence-electron chi connectivity index (χ0n) is 14.2. The maximum atomic E-state index is 12.6. The fourth-order valence-electron chi connectivity index (χ4n) is 3.53. The van der Waals surface area contributed by atoms with E-state index >= 15 is 0 Å². The quantitative estimate of drug-likeness (QED) is 0.802. The third-order valence-corrected chi connectivity index (χ3v) is 5.03. The second-order valence-corrected chi connectivity index (χ2v) is 6.66. The summed E-state index contributed by atoms with van der Waals surface area (Å²) in [6, 6.07) is 15.4. The molecule has 0 radical (unpaired) electrons. The van der Waals surface area contributed by atoms with E-state index in [2.05, 4.69) is 23.6 Å². The first-order chi connectivity index (χ1) is 11.6. The maximum absolute atomic E-state index is 12.6. The molecule has 0 fully saturated rings. The minimum atomic E-state index is -0.726. The maximum Gasteiger partial charge on any atom is 0.320 e. The van der Waals surface area contributed by atoms with E-state index in [4.69, 9.17) is 0 Å². The Morgan fingerprint density at radius 1 is 1.21 bits per heavy atom. The molecular formula is C20H24N2O2. The summed E-state index contributed by atoms with van der Waals surface area (Å²) in [7, 11) is 0. The lowest BCUT2D eigenvalue weighted by molar-refractivity contribution is 0.144. The highest BCUT2D eigenvalue weighted by molar-refractivity contribution is 5.90. The van der Waals surface area contributed by atoms with Gasteiger partial charge in [0.25, 0.3) is 0 Å². The molecule has 2 unspecified atom stereocenters. The Morgan fingerprint density at radius 3 is 2.67 bits per heavy atom. The van der Waals surface area contributed by atoms with Crippen LogP contribution in [-0.2, 0) is 5.54 Å². The minimum absolute atomic E-state index is 0.113. The highest BCUT2D eigenvalue weighted by Gasteiger charge is 2.39. The van der Waals surface area contributed by atoms with Crippen molar-refractivity contribution in [3.05, 3.63) is 65.2 Å². The number of hydrogen-bond donors (Lipinski definition) is 3. The zero-order chi connectivity index (χ0) is 17.2. The molecule has 24 heavy (non-hydrogen) atoms. The van der Waals surface area contributed by atoms with Crippen LogP contribution < -0.4 is 10.6 Å². The van der Waals surface area contributed by atoms with E-state index in [1.165, 1.54) is 5.56 Å². The number of carbonyl (C=O) groups excluding carboxylic acids is 1. The predicted octanol–water partition coefficient (Wildman–Crippen LogP) is 3.90. The smallest absolute Gasteiger partial charge is 0.320 e. The summed E-state index contributed by atoms with van der Waals surface area (Å²) < 4.78 is 0. The number of aliphatic hydroxyl groups is 1. The number of aliphatic hydroxyl groups excluding tert-OH is 1. The van der Waals surface area contributed by atoms with Crippen molar-refractivity contribution >= 4 is 11.7 Å². The molecule has 4 nitrogen and oxygen atoms in total. The average Bonchev–Trinajstić information content (AvgIpc) is 2.60. The molecule has 3 N–H and O–H groups in total. The van der Waals surface area contributed by atoms with Crippen LogP contribution in [-0.4, -0.2) is 17.7 Å². The van der Waals surface area contributed by atoms with Gasteiger partial charge in [0.2, 0.25) is 0 Å². The van der Waals surface area contributed by atoms with Crippen molar-refractivity contribution < 1.29 is 9.90 Å². The van der Waals surface area contributed by atoms with Gasteiger partial charge >= 0.3 is 6.03 Å². The Hall–Kier alpha value is -2.33. The topological polar surface area (TPSA) is 61.4 Å². The minimum Gasteiger partial charge on any atom is -0.394 e. The molecule has 2 atom stereocenters. The number of nitrogens with one attached hydrogen (secondary N) is 2. The zero-order valence-corrected chi connectivity index (χ0v) is 14.2. The Balaban J connectivity index is 1.86. The normalized spacial score (nSPS) is 22.5. The summed E-state index contributed by atoms with van der Waals surface area (Å²) in [6.45, 7) is 4.03. The number of para-hydroxylation sites is 1. The Bertz CT molecular complexity index is 744. The Morgan fingerprint density at radius 2 is 1.92 bits per heavy atom. The molecule has 4 heteroatoms. The Labute approximate surface area is 142 Å². The second-order valence-electron chi connectivity index (χ2n) is 6.66. The molecule has 2 aromatic carbocycles. The number of carbonyl (C=O) groups is 1. The van der Waals surface area contributed by atoms with Crippen LogP contribution in [0, 0.1) is 6.92 Å². The van der Waals surface area contributed by atoms with Gasteiger partial charge in [-0.2, -0.15) is 0 Å². The van der Waals surface area contributed by atoms with Gasteiger partial charge < -0.3 is 15.7 Å². The Kier molecular flexibility index (Phi) is 4.58. The van der Waals surface area contributed by atoms with Crippen molar-refractivity contribution in [2.45, 2.75) is 38.1 Å². The van der Waals surface area contributed by atoms with Gasteiger partial charge in [-0.15, -0.1) is 0 Å². The molecule has 0 spiro atoms. The van der Waals surface area contributed by atoms with Crippen LogP contribution in [0.25, 0.3) is 0 Å². The third-order valence-electron chi connectivity index (χ3n) is 5.03. The van der Waals surface area contributed by atoms with Crippen LogP contribution in [0.4, 0.5) is 10.5 Å². The molecule has 2 aromatic rings. The summed E-state index contributed by atoms with van der Waals surface area (Å²) in [5.74, 6) is 0.433. The first-order valence-electron chi connectivity index (χ1n) is 8.41. The first-order valence-corrected chi connectivity index (χ1v) is 8.41. The molecule has 126 valence electrons.